The van der Waals surface area contributed by atoms with E-state index in [0.717, 1.165) is 17.8 Å². The van der Waals surface area contributed by atoms with Crippen molar-refractivity contribution in [2.75, 3.05) is 19.6 Å². The summed E-state index contributed by atoms with van der Waals surface area (Å²) in [5.74, 6) is 3.24. The van der Waals surface area contributed by atoms with E-state index >= 15 is 0 Å². The maximum absolute atomic E-state index is 2.80. The Kier molecular flexibility index (Phi) is 3.01. The van der Waals surface area contributed by atoms with Crippen molar-refractivity contribution in [1.29, 1.82) is 0 Å². The van der Waals surface area contributed by atoms with Gasteiger partial charge in [-0.25, -0.2) is 0 Å². The Balaban J connectivity index is 1.48. The van der Waals surface area contributed by atoms with Gasteiger partial charge in [-0.05, 0) is 43.4 Å². The van der Waals surface area contributed by atoms with Crippen molar-refractivity contribution in [3.8, 4) is 0 Å². The van der Waals surface area contributed by atoms with Crippen LogP contribution in [-0.4, -0.2) is 24.5 Å². The zero-order valence-corrected chi connectivity index (χ0v) is 9.96. The summed E-state index contributed by atoms with van der Waals surface area (Å²) < 4.78 is 0. The van der Waals surface area contributed by atoms with Crippen LogP contribution in [0.15, 0.2) is 0 Å². The molecule has 0 N–H and O–H groups in total. The lowest BCUT2D eigenvalue weighted by atomic mass is 9.89. The van der Waals surface area contributed by atoms with E-state index in [0.29, 0.717) is 0 Å². The van der Waals surface area contributed by atoms with Crippen LogP contribution in [-0.2, 0) is 0 Å². The number of hydrogen-bond donors (Lipinski definition) is 0. The quantitative estimate of drug-likeness (QED) is 0.671. The highest BCUT2D eigenvalue weighted by Gasteiger charge is 2.36. The Morgan fingerprint density at radius 1 is 0.733 bits per heavy atom. The molecule has 1 aliphatic heterocycles. The fourth-order valence-electron chi connectivity index (χ4n) is 4.22. The molecule has 2 atom stereocenters. The molecule has 3 aliphatic rings. The smallest absolute Gasteiger partial charge is 0.00130 e. The van der Waals surface area contributed by atoms with Crippen molar-refractivity contribution in [3.05, 3.63) is 0 Å². The van der Waals surface area contributed by atoms with Gasteiger partial charge in [-0.15, -0.1) is 0 Å². The molecule has 0 spiro atoms. The van der Waals surface area contributed by atoms with E-state index in [4.69, 9.17) is 0 Å². The van der Waals surface area contributed by atoms with Crippen LogP contribution in [0, 0.1) is 17.8 Å². The number of likely N-dealkylation sites (tertiary alicyclic amines) is 1. The van der Waals surface area contributed by atoms with Gasteiger partial charge in [0.1, 0.15) is 0 Å². The molecule has 1 saturated heterocycles. The maximum atomic E-state index is 2.80. The predicted molar refractivity (Wildman–Crippen MR) is 63.8 cm³/mol. The zero-order chi connectivity index (χ0) is 10.1. The lowest BCUT2D eigenvalue weighted by Crippen LogP contribution is -2.29. The molecule has 0 unspecified atom stereocenters. The molecule has 0 aromatic heterocycles. The number of hydrogen-bond acceptors (Lipinski definition) is 1. The molecule has 3 rings (SSSR count). The minimum Gasteiger partial charge on any atom is -0.302 e. The second-order valence-corrected chi connectivity index (χ2v) is 6.17. The number of fused-ring (bicyclic) bond motifs is 1. The van der Waals surface area contributed by atoms with Crippen LogP contribution in [0.4, 0.5) is 0 Å². The lowest BCUT2D eigenvalue weighted by Gasteiger charge is -2.27. The van der Waals surface area contributed by atoms with Crippen molar-refractivity contribution in [2.24, 2.45) is 17.8 Å². The highest BCUT2D eigenvalue weighted by atomic mass is 15.2. The summed E-state index contributed by atoms with van der Waals surface area (Å²) in [4.78, 5) is 2.80. The van der Waals surface area contributed by atoms with Crippen LogP contribution in [0.3, 0.4) is 0 Å². The number of nitrogens with zero attached hydrogens (tertiary/aromatic N) is 1. The summed E-state index contributed by atoms with van der Waals surface area (Å²) >= 11 is 0. The summed E-state index contributed by atoms with van der Waals surface area (Å²) in [5.41, 5.74) is 0. The highest BCUT2D eigenvalue weighted by Crippen LogP contribution is 2.38. The predicted octanol–water partition coefficient (Wildman–Crippen LogP) is 3.30. The Bertz CT molecular complexity index is 195. The average Bonchev–Trinajstić information content (AvgIpc) is 2.79. The maximum Gasteiger partial charge on any atom is 0.00130 e. The van der Waals surface area contributed by atoms with Crippen molar-refractivity contribution < 1.29 is 0 Å². The molecule has 0 aromatic carbocycles. The molecule has 2 aliphatic carbocycles. The van der Waals surface area contributed by atoms with E-state index in [1.807, 2.05) is 0 Å². The van der Waals surface area contributed by atoms with Crippen LogP contribution < -0.4 is 0 Å². The SMILES string of the molecule is C1CCC(CN2C[C@H]3CCC[C@H]3C2)CC1. The Morgan fingerprint density at radius 2 is 1.40 bits per heavy atom. The van der Waals surface area contributed by atoms with Crippen LogP contribution in [0.1, 0.15) is 51.4 Å². The van der Waals surface area contributed by atoms with Gasteiger partial charge in [0.25, 0.3) is 0 Å². The molecular weight excluding hydrogens is 182 g/mol. The molecule has 86 valence electrons. The fraction of sp³-hybridized carbons (Fsp3) is 1.00. The second-order valence-electron chi connectivity index (χ2n) is 6.17. The van der Waals surface area contributed by atoms with Gasteiger partial charge in [0.2, 0.25) is 0 Å². The summed E-state index contributed by atoms with van der Waals surface area (Å²) in [6, 6.07) is 0. The van der Waals surface area contributed by atoms with Crippen molar-refractivity contribution >= 4 is 0 Å². The summed E-state index contributed by atoms with van der Waals surface area (Å²) in [7, 11) is 0. The molecule has 2 saturated carbocycles. The van der Waals surface area contributed by atoms with Gasteiger partial charge in [-0.2, -0.15) is 0 Å². The summed E-state index contributed by atoms with van der Waals surface area (Å²) in [6.45, 7) is 4.33. The lowest BCUT2D eigenvalue weighted by molar-refractivity contribution is 0.222. The first-order valence-corrected chi connectivity index (χ1v) is 7.14. The first kappa shape index (κ1) is 10.1. The van der Waals surface area contributed by atoms with E-state index in [1.165, 1.54) is 71.0 Å². The van der Waals surface area contributed by atoms with E-state index in [9.17, 15) is 0 Å². The fourth-order valence-corrected chi connectivity index (χ4v) is 4.22. The summed E-state index contributed by atoms with van der Waals surface area (Å²) in [5, 5.41) is 0. The van der Waals surface area contributed by atoms with Crippen LogP contribution in [0.25, 0.3) is 0 Å². The van der Waals surface area contributed by atoms with E-state index in [2.05, 4.69) is 4.90 Å². The molecule has 0 aromatic rings. The van der Waals surface area contributed by atoms with Crippen molar-refractivity contribution in [2.45, 2.75) is 51.4 Å². The molecule has 1 heteroatoms. The minimum atomic E-state index is 1.05. The molecule has 0 amide bonds. The molecular formula is C14H25N. The third kappa shape index (κ3) is 2.22. The second kappa shape index (κ2) is 4.45. The average molecular weight is 207 g/mol. The Hall–Kier alpha value is -0.0400. The van der Waals surface area contributed by atoms with Crippen LogP contribution >= 0.6 is 0 Å². The van der Waals surface area contributed by atoms with Crippen LogP contribution in [0.5, 0.6) is 0 Å². The summed E-state index contributed by atoms with van der Waals surface area (Å²) in [6.07, 6.45) is 12.1. The zero-order valence-electron chi connectivity index (χ0n) is 9.96. The highest BCUT2D eigenvalue weighted by molar-refractivity contribution is 4.89. The number of rotatable bonds is 2. The first-order valence-electron chi connectivity index (χ1n) is 7.14. The van der Waals surface area contributed by atoms with E-state index in [-0.39, 0.29) is 0 Å². The Morgan fingerprint density at radius 3 is 2.07 bits per heavy atom. The largest absolute Gasteiger partial charge is 0.302 e. The van der Waals surface area contributed by atoms with E-state index < -0.39 is 0 Å². The standard InChI is InChI=1S/C14H25N/c1-2-5-12(6-3-1)9-15-10-13-7-4-8-14(13)11-15/h12-14H,1-11H2/t13-,14+. The topological polar surface area (TPSA) is 3.24 Å². The van der Waals surface area contributed by atoms with Crippen LogP contribution in [0.2, 0.25) is 0 Å². The first-order chi connectivity index (χ1) is 7.42. The minimum absolute atomic E-state index is 1.05. The van der Waals surface area contributed by atoms with Gasteiger partial charge in [0.15, 0.2) is 0 Å². The van der Waals surface area contributed by atoms with Gasteiger partial charge >= 0.3 is 0 Å². The van der Waals surface area contributed by atoms with Gasteiger partial charge < -0.3 is 4.90 Å². The van der Waals surface area contributed by atoms with Gasteiger partial charge in [-0.1, -0.05) is 25.7 Å². The molecule has 1 nitrogen and oxygen atoms in total. The van der Waals surface area contributed by atoms with Gasteiger partial charge in [0.05, 0.1) is 0 Å². The molecule has 0 bridgehead atoms. The van der Waals surface area contributed by atoms with Crippen molar-refractivity contribution in [3.63, 3.8) is 0 Å². The Labute approximate surface area is 94.2 Å². The van der Waals surface area contributed by atoms with Crippen molar-refractivity contribution in [1.82, 2.24) is 4.90 Å². The molecule has 15 heavy (non-hydrogen) atoms. The molecule has 1 heterocycles. The third-order valence-corrected chi connectivity index (χ3v) is 5.04. The molecule has 0 radical (unpaired) electrons. The monoisotopic (exact) mass is 207 g/mol. The normalized spacial score (nSPS) is 38.4. The third-order valence-electron chi connectivity index (χ3n) is 5.04. The van der Waals surface area contributed by atoms with Gasteiger partial charge in [-0.3, -0.25) is 0 Å². The van der Waals surface area contributed by atoms with Gasteiger partial charge in [0, 0.05) is 19.6 Å². The van der Waals surface area contributed by atoms with E-state index in [1.54, 1.807) is 0 Å². The molecule has 3 fully saturated rings.